The van der Waals surface area contributed by atoms with Gasteiger partial charge in [-0.05, 0) is 43.0 Å². The van der Waals surface area contributed by atoms with Crippen LogP contribution >= 0.6 is 0 Å². The molecule has 3 aromatic rings. The molecule has 0 saturated carbocycles. The normalized spacial score (nSPS) is 14.5. The lowest BCUT2D eigenvalue weighted by Gasteiger charge is -2.14. The molecule has 9 heteroatoms. The Kier molecular flexibility index (Phi) is 5.71. The van der Waals surface area contributed by atoms with Crippen LogP contribution in [0.25, 0.3) is 0 Å². The molecule has 1 atom stereocenters. The number of aryl methyl sites for hydroxylation is 2. The number of benzene rings is 1. The Morgan fingerprint density at radius 1 is 1.23 bits per heavy atom. The van der Waals surface area contributed by atoms with Gasteiger partial charge in [-0.25, -0.2) is 9.97 Å². The average Bonchev–Trinajstić information content (AvgIpc) is 3.44. The van der Waals surface area contributed by atoms with E-state index in [0.717, 1.165) is 36.1 Å². The quantitative estimate of drug-likeness (QED) is 0.633. The minimum Gasteiger partial charge on any atom is -0.347 e. The molecule has 2 amide bonds. The lowest BCUT2D eigenvalue weighted by atomic mass is 10.1. The molecule has 0 unspecified atom stereocenters. The van der Waals surface area contributed by atoms with Crippen molar-refractivity contribution in [2.45, 2.75) is 38.9 Å². The van der Waals surface area contributed by atoms with Crippen LogP contribution in [0.3, 0.4) is 0 Å². The summed E-state index contributed by atoms with van der Waals surface area (Å²) in [5.41, 5.74) is 3.81. The van der Waals surface area contributed by atoms with Crippen molar-refractivity contribution >= 4 is 11.8 Å². The highest BCUT2D eigenvalue weighted by Gasteiger charge is 2.25. The van der Waals surface area contributed by atoms with Gasteiger partial charge in [-0.1, -0.05) is 6.07 Å². The predicted octanol–water partition coefficient (Wildman–Crippen LogP) is 1.91. The first-order valence-corrected chi connectivity index (χ1v) is 10.0. The second kappa shape index (κ2) is 8.75. The number of hydrogen-bond acceptors (Lipinski definition) is 6. The zero-order valence-corrected chi connectivity index (χ0v) is 17.0. The second-order valence-corrected chi connectivity index (χ2v) is 7.27. The van der Waals surface area contributed by atoms with Crippen molar-refractivity contribution in [3.63, 3.8) is 0 Å². The van der Waals surface area contributed by atoms with Gasteiger partial charge in [0.25, 0.3) is 11.8 Å². The maximum Gasteiger partial charge on any atom is 0.270 e. The number of rotatable bonds is 6. The number of hydrogen-bond donors (Lipinski definition) is 2. The van der Waals surface area contributed by atoms with E-state index in [4.69, 9.17) is 5.26 Å². The number of nitrogens with zero attached hydrogens (tertiary/aromatic N) is 5. The van der Waals surface area contributed by atoms with Crippen LogP contribution < -0.4 is 10.6 Å². The summed E-state index contributed by atoms with van der Waals surface area (Å²) in [6.45, 7) is 3.05. The maximum absolute atomic E-state index is 12.7. The van der Waals surface area contributed by atoms with Gasteiger partial charge >= 0.3 is 0 Å². The molecule has 2 aromatic heterocycles. The zero-order valence-electron chi connectivity index (χ0n) is 17.0. The van der Waals surface area contributed by atoms with Crippen LogP contribution in [-0.4, -0.2) is 31.6 Å². The Bertz CT molecular complexity index is 1180. The summed E-state index contributed by atoms with van der Waals surface area (Å²) in [5.74, 6) is -0.765. The monoisotopic (exact) mass is 415 g/mol. The summed E-state index contributed by atoms with van der Waals surface area (Å²) < 4.78 is 1.77. The Hall–Kier alpha value is -4.06. The standard InChI is InChI=1S/C22H21N7O2/c1-2-29-12-15(11-27-29)10-24-21(30)19-8-20(26-13-25-19)22(31)28-18-6-4-16-7-14(9-23)3-5-17(16)18/h3,5,7-8,11-13,18H,2,4,6,10H2,1H3,(H,24,30)(H,28,31)/t18-/m1/s1. The first-order valence-electron chi connectivity index (χ1n) is 10.0. The van der Waals surface area contributed by atoms with Crippen LogP contribution in [-0.2, 0) is 19.5 Å². The van der Waals surface area contributed by atoms with Gasteiger partial charge in [-0.2, -0.15) is 10.4 Å². The largest absolute Gasteiger partial charge is 0.347 e. The SMILES string of the molecule is CCn1cc(CNC(=O)c2cc(C(=O)N[C@@H]3CCc4cc(C#N)ccc43)ncn2)cn1. The first kappa shape index (κ1) is 20.2. The van der Waals surface area contributed by atoms with Gasteiger partial charge in [-0.3, -0.25) is 14.3 Å². The van der Waals surface area contributed by atoms with Gasteiger partial charge in [-0.15, -0.1) is 0 Å². The van der Waals surface area contributed by atoms with Crippen LogP contribution in [0.4, 0.5) is 0 Å². The Morgan fingerprint density at radius 3 is 2.77 bits per heavy atom. The number of nitriles is 1. The average molecular weight is 415 g/mol. The fraction of sp³-hybridized carbons (Fsp3) is 0.273. The van der Waals surface area contributed by atoms with Crippen molar-refractivity contribution in [3.8, 4) is 6.07 Å². The van der Waals surface area contributed by atoms with Crippen LogP contribution in [0.1, 0.15) is 62.6 Å². The zero-order chi connectivity index (χ0) is 21.8. The van der Waals surface area contributed by atoms with E-state index < -0.39 is 5.91 Å². The summed E-state index contributed by atoms with van der Waals surface area (Å²) in [5, 5.41) is 19.0. The van der Waals surface area contributed by atoms with Gasteiger partial charge in [0.1, 0.15) is 17.7 Å². The van der Waals surface area contributed by atoms with E-state index in [2.05, 4.69) is 31.8 Å². The Morgan fingerprint density at radius 2 is 2.03 bits per heavy atom. The first-order chi connectivity index (χ1) is 15.1. The van der Waals surface area contributed by atoms with E-state index in [-0.39, 0.29) is 23.3 Å². The van der Waals surface area contributed by atoms with E-state index >= 15 is 0 Å². The maximum atomic E-state index is 12.7. The van der Waals surface area contributed by atoms with Crippen molar-refractivity contribution in [2.75, 3.05) is 0 Å². The molecule has 156 valence electrons. The molecule has 0 spiro atoms. The highest BCUT2D eigenvalue weighted by atomic mass is 16.2. The number of nitrogens with one attached hydrogen (secondary N) is 2. The summed E-state index contributed by atoms with van der Waals surface area (Å²) in [6.07, 6.45) is 6.31. The van der Waals surface area contributed by atoms with Crippen molar-refractivity contribution < 1.29 is 9.59 Å². The van der Waals surface area contributed by atoms with E-state index in [1.54, 1.807) is 16.9 Å². The molecule has 4 rings (SSSR count). The second-order valence-electron chi connectivity index (χ2n) is 7.27. The molecule has 0 fully saturated rings. The third kappa shape index (κ3) is 4.43. The smallest absolute Gasteiger partial charge is 0.270 e. The lowest BCUT2D eigenvalue weighted by Crippen LogP contribution is -2.29. The molecule has 0 saturated heterocycles. The molecule has 2 N–H and O–H groups in total. The highest BCUT2D eigenvalue weighted by molar-refractivity contribution is 5.97. The van der Waals surface area contributed by atoms with Crippen LogP contribution in [0.15, 0.2) is 43.0 Å². The van der Waals surface area contributed by atoms with Gasteiger partial charge in [0, 0.05) is 30.9 Å². The van der Waals surface area contributed by atoms with Gasteiger partial charge in [0.05, 0.1) is 23.9 Å². The lowest BCUT2D eigenvalue weighted by molar-refractivity contribution is 0.0931. The summed E-state index contributed by atoms with van der Waals surface area (Å²) in [6, 6.07) is 8.85. The molecular weight excluding hydrogens is 394 g/mol. The molecule has 31 heavy (non-hydrogen) atoms. The third-order valence-electron chi connectivity index (χ3n) is 5.25. The van der Waals surface area contributed by atoms with Crippen molar-refractivity contribution in [3.05, 3.63) is 76.6 Å². The fourth-order valence-corrected chi connectivity index (χ4v) is 3.62. The number of carbonyl (C=O) groups excluding carboxylic acids is 2. The number of fused-ring (bicyclic) bond motifs is 1. The van der Waals surface area contributed by atoms with Gasteiger partial charge in [0.2, 0.25) is 0 Å². The molecule has 1 aromatic carbocycles. The minimum atomic E-state index is -0.393. The van der Waals surface area contributed by atoms with Crippen LogP contribution in [0, 0.1) is 11.3 Å². The van der Waals surface area contributed by atoms with Crippen LogP contribution in [0.5, 0.6) is 0 Å². The molecule has 0 bridgehead atoms. The number of aromatic nitrogens is 4. The molecular formula is C22H21N7O2. The Labute approximate surface area is 179 Å². The minimum absolute atomic E-state index is 0.119. The van der Waals surface area contributed by atoms with E-state index in [1.165, 1.54) is 12.4 Å². The van der Waals surface area contributed by atoms with Gasteiger partial charge in [0.15, 0.2) is 0 Å². The third-order valence-corrected chi connectivity index (χ3v) is 5.25. The van der Waals surface area contributed by atoms with Crippen molar-refractivity contribution in [1.82, 2.24) is 30.4 Å². The molecule has 0 radical (unpaired) electrons. The highest BCUT2D eigenvalue weighted by Crippen LogP contribution is 2.31. The molecule has 2 heterocycles. The summed E-state index contributed by atoms with van der Waals surface area (Å²) in [4.78, 5) is 33.2. The van der Waals surface area contributed by atoms with Gasteiger partial charge < -0.3 is 10.6 Å². The number of carbonyl (C=O) groups is 2. The van der Waals surface area contributed by atoms with E-state index in [1.807, 2.05) is 25.3 Å². The summed E-state index contributed by atoms with van der Waals surface area (Å²) >= 11 is 0. The fourth-order valence-electron chi connectivity index (χ4n) is 3.62. The molecule has 0 aliphatic heterocycles. The molecule has 1 aliphatic rings. The molecule has 1 aliphatic carbocycles. The van der Waals surface area contributed by atoms with Crippen molar-refractivity contribution in [1.29, 1.82) is 5.26 Å². The van der Waals surface area contributed by atoms with Crippen molar-refractivity contribution in [2.24, 2.45) is 0 Å². The van der Waals surface area contributed by atoms with Crippen LogP contribution in [0.2, 0.25) is 0 Å². The van der Waals surface area contributed by atoms with E-state index in [0.29, 0.717) is 12.1 Å². The topological polar surface area (TPSA) is 126 Å². The number of amides is 2. The molecule has 9 nitrogen and oxygen atoms in total. The summed E-state index contributed by atoms with van der Waals surface area (Å²) in [7, 11) is 0. The Balaban J connectivity index is 1.40. The van der Waals surface area contributed by atoms with E-state index in [9.17, 15) is 9.59 Å². The predicted molar refractivity (Wildman–Crippen MR) is 111 cm³/mol.